The minimum absolute atomic E-state index is 0.135. The van der Waals surface area contributed by atoms with Crippen molar-refractivity contribution in [3.05, 3.63) is 18.3 Å². The van der Waals surface area contributed by atoms with E-state index in [9.17, 15) is 14.6 Å². The highest BCUT2D eigenvalue weighted by Gasteiger charge is 2.35. The molecule has 0 aliphatic heterocycles. The SMILES string of the molecule is Nc1ncc(F)c2ncn(C3CCC(O)C3O)c12. The monoisotopic (exact) mass is 252 g/mol. The Kier molecular flexibility index (Phi) is 2.46. The molecular formula is C11H13FN4O2. The summed E-state index contributed by atoms with van der Waals surface area (Å²) in [6.07, 6.45) is 1.87. The quantitative estimate of drug-likeness (QED) is 0.674. The summed E-state index contributed by atoms with van der Waals surface area (Å²) in [6, 6.07) is -0.351. The van der Waals surface area contributed by atoms with Gasteiger partial charge >= 0.3 is 0 Å². The molecule has 6 nitrogen and oxygen atoms in total. The number of hydrogen-bond acceptors (Lipinski definition) is 5. The molecule has 0 amide bonds. The number of fused-ring (bicyclic) bond motifs is 1. The molecule has 4 N–H and O–H groups in total. The summed E-state index contributed by atoms with van der Waals surface area (Å²) < 4.78 is 15.1. The fourth-order valence-electron chi connectivity index (χ4n) is 2.53. The van der Waals surface area contributed by atoms with E-state index < -0.39 is 18.0 Å². The van der Waals surface area contributed by atoms with Gasteiger partial charge in [-0.05, 0) is 12.8 Å². The Bertz CT molecular complexity index is 600. The highest BCUT2D eigenvalue weighted by atomic mass is 19.1. The van der Waals surface area contributed by atoms with E-state index in [1.807, 2.05) is 0 Å². The van der Waals surface area contributed by atoms with Gasteiger partial charge in [0.05, 0.1) is 24.7 Å². The summed E-state index contributed by atoms with van der Waals surface area (Å²) in [6.45, 7) is 0. The van der Waals surface area contributed by atoms with Crippen molar-refractivity contribution >= 4 is 16.9 Å². The van der Waals surface area contributed by atoms with Gasteiger partial charge in [-0.2, -0.15) is 0 Å². The molecule has 3 rings (SSSR count). The van der Waals surface area contributed by atoms with Crippen LogP contribution in [-0.2, 0) is 0 Å². The molecule has 1 aliphatic rings. The van der Waals surface area contributed by atoms with Crippen molar-refractivity contribution in [1.82, 2.24) is 14.5 Å². The number of halogens is 1. The van der Waals surface area contributed by atoms with Gasteiger partial charge in [-0.3, -0.25) is 0 Å². The molecule has 0 bridgehead atoms. The number of nitrogens with zero attached hydrogens (tertiary/aromatic N) is 3. The van der Waals surface area contributed by atoms with Crippen LogP contribution < -0.4 is 5.73 Å². The van der Waals surface area contributed by atoms with E-state index in [2.05, 4.69) is 9.97 Å². The third kappa shape index (κ3) is 1.48. The van der Waals surface area contributed by atoms with Crippen molar-refractivity contribution in [1.29, 1.82) is 0 Å². The molecule has 1 aliphatic carbocycles. The largest absolute Gasteiger partial charge is 0.390 e. The average Bonchev–Trinajstić information content (AvgIpc) is 2.91. The van der Waals surface area contributed by atoms with Crippen LogP contribution in [0.1, 0.15) is 18.9 Å². The molecule has 0 aromatic carbocycles. The van der Waals surface area contributed by atoms with E-state index in [-0.39, 0.29) is 17.4 Å². The number of nitrogen functional groups attached to an aromatic ring is 1. The van der Waals surface area contributed by atoms with Crippen molar-refractivity contribution in [2.75, 3.05) is 5.73 Å². The van der Waals surface area contributed by atoms with E-state index in [0.29, 0.717) is 18.4 Å². The minimum Gasteiger partial charge on any atom is -0.390 e. The molecule has 3 unspecified atom stereocenters. The predicted octanol–water partition coefficient (Wildman–Crippen LogP) is 0.209. The molecule has 96 valence electrons. The number of rotatable bonds is 1. The lowest BCUT2D eigenvalue weighted by Crippen LogP contribution is -2.27. The van der Waals surface area contributed by atoms with Crippen LogP contribution in [0.25, 0.3) is 11.0 Å². The number of aliphatic hydroxyl groups is 2. The normalized spacial score (nSPS) is 28.1. The molecule has 18 heavy (non-hydrogen) atoms. The van der Waals surface area contributed by atoms with Gasteiger partial charge in [0.15, 0.2) is 5.82 Å². The van der Waals surface area contributed by atoms with Crippen LogP contribution in [0, 0.1) is 5.82 Å². The van der Waals surface area contributed by atoms with Crippen molar-refractivity contribution < 1.29 is 14.6 Å². The van der Waals surface area contributed by atoms with Gasteiger partial charge in [0.25, 0.3) is 0 Å². The maximum atomic E-state index is 13.5. The smallest absolute Gasteiger partial charge is 0.169 e. The van der Waals surface area contributed by atoms with E-state index >= 15 is 0 Å². The van der Waals surface area contributed by atoms with Gasteiger partial charge in [0.1, 0.15) is 23.0 Å². The van der Waals surface area contributed by atoms with Crippen LogP contribution in [0.2, 0.25) is 0 Å². The van der Waals surface area contributed by atoms with E-state index in [4.69, 9.17) is 5.73 Å². The summed E-state index contributed by atoms with van der Waals surface area (Å²) in [5, 5.41) is 19.5. The number of pyridine rings is 1. The predicted molar refractivity (Wildman–Crippen MR) is 62.2 cm³/mol. The summed E-state index contributed by atoms with van der Waals surface area (Å²) in [5.41, 5.74) is 6.24. The zero-order chi connectivity index (χ0) is 12.9. The maximum absolute atomic E-state index is 13.5. The highest BCUT2D eigenvalue weighted by molar-refractivity contribution is 5.85. The first-order chi connectivity index (χ1) is 8.59. The second-order valence-electron chi connectivity index (χ2n) is 4.54. The topological polar surface area (TPSA) is 97.2 Å². The summed E-state index contributed by atoms with van der Waals surface area (Å²) in [4.78, 5) is 7.71. The van der Waals surface area contributed by atoms with Gasteiger partial charge in [-0.15, -0.1) is 0 Å². The van der Waals surface area contributed by atoms with Crippen molar-refractivity contribution in [2.24, 2.45) is 0 Å². The van der Waals surface area contributed by atoms with Crippen LogP contribution in [0.5, 0.6) is 0 Å². The first-order valence-electron chi connectivity index (χ1n) is 5.72. The fourth-order valence-corrected chi connectivity index (χ4v) is 2.53. The van der Waals surface area contributed by atoms with E-state index in [1.54, 1.807) is 4.57 Å². The van der Waals surface area contributed by atoms with Crippen LogP contribution >= 0.6 is 0 Å². The molecule has 7 heteroatoms. The molecule has 2 aromatic heterocycles. The van der Waals surface area contributed by atoms with Gasteiger partial charge < -0.3 is 20.5 Å². The number of hydrogen-bond donors (Lipinski definition) is 3. The Hall–Kier alpha value is -1.73. The van der Waals surface area contributed by atoms with Crippen LogP contribution in [0.4, 0.5) is 10.2 Å². The summed E-state index contributed by atoms with van der Waals surface area (Å²) in [7, 11) is 0. The Morgan fingerprint density at radius 2 is 2.11 bits per heavy atom. The first-order valence-corrected chi connectivity index (χ1v) is 5.72. The van der Waals surface area contributed by atoms with Gasteiger partial charge in [0.2, 0.25) is 0 Å². The molecule has 1 fully saturated rings. The molecule has 0 radical (unpaired) electrons. The lowest BCUT2D eigenvalue weighted by molar-refractivity contribution is 0.0242. The summed E-state index contributed by atoms with van der Waals surface area (Å²) in [5.74, 6) is -0.386. The number of anilines is 1. The standard InChI is InChI=1S/C11H13FN4O2/c12-5-3-14-11(13)9-8(5)15-4-16(9)6-1-2-7(17)10(6)18/h3-4,6-7,10,17-18H,1-2H2,(H2,13,14). The lowest BCUT2D eigenvalue weighted by Gasteiger charge is -2.19. The lowest BCUT2D eigenvalue weighted by atomic mass is 10.2. The molecule has 3 atom stereocenters. The van der Waals surface area contributed by atoms with E-state index in [1.165, 1.54) is 6.33 Å². The molecular weight excluding hydrogens is 239 g/mol. The third-order valence-corrected chi connectivity index (χ3v) is 3.48. The highest BCUT2D eigenvalue weighted by Crippen LogP contribution is 2.34. The van der Waals surface area contributed by atoms with Gasteiger partial charge in [-0.1, -0.05) is 0 Å². The fraction of sp³-hybridized carbons (Fsp3) is 0.455. The van der Waals surface area contributed by atoms with Crippen molar-refractivity contribution in [3.63, 3.8) is 0 Å². The molecule has 1 saturated carbocycles. The Morgan fingerprint density at radius 1 is 1.33 bits per heavy atom. The minimum atomic E-state index is -0.898. The van der Waals surface area contributed by atoms with Crippen molar-refractivity contribution in [3.8, 4) is 0 Å². The Labute approximate surface area is 102 Å². The van der Waals surface area contributed by atoms with Gasteiger partial charge in [0, 0.05) is 0 Å². The molecule has 2 aromatic rings. The van der Waals surface area contributed by atoms with E-state index in [0.717, 1.165) is 6.20 Å². The summed E-state index contributed by atoms with van der Waals surface area (Å²) >= 11 is 0. The van der Waals surface area contributed by atoms with Crippen molar-refractivity contribution in [2.45, 2.75) is 31.1 Å². The number of aromatic nitrogens is 3. The number of imidazole rings is 1. The molecule has 0 saturated heterocycles. The first kappa shape index (κ1) is 11.4. The van der Waals surface area contributed by atoms with Crippen LogP contribution in [-0.4, -0.2) is 37.0 Å². The average molecular weight is 252 g/mol. The van der Waals surface area contributed by atoms with Crippen LogP contribution in [0.3, 0.4) is 0 Å². The number of aliphatic hydroxyl groups excluding tert-OH is 2. The molecule has 2 heterocycles. The second kappa shape index (κ2) is 3.89. The third-order valence-electron chi connectivity index (χ3n) is 3.48. The Balaban J connectivity index is 2.16. The number of nitrogens with two attached hydrogens (primary N) is 1. The second-order valence-corrected chi connectivity index (χ2v) is 4.54. The zero-order valence-corrected chi connectivity index (χ0v) is 9.49. The zero-order valence-electron chi connectivity index (χ0n) is 9.49. The Morgan fingerprint density at radius 3 is 2.78 bits per heavy atom. The maximum Gasteiger partial charge on any atom is 0.169 e. The molecule has 0 spiro atoms. The van der Waals surface area contributed by atoms with Crippen LogP contribution in [0.15, 0.2) is 12.5 Å². The van der Waals surface area contributed by atoms with Gasteiger partial charge in [-0.25, -0.2) is 14.4 Å².